The van der Waals surface area contributed by atoms with Crippen LogP contribution >= 0.6 is 0 Å². The van der Waals surface area contributed by atoms with Crippen LogP contribution in [0.4, 0.5) is 0 Å². The second kappa shape index (κ2) is 14.2. The first-order chi connectivity index (χ1) is 19.3. The molecule has 0 radical (unpaired) electrons. The van der Waals surface area contributed by atoms with Crippen LogP contribution in [0.2, 0.25) is 0 Å². The number of hydrogen-bond donors (Lipinski definition) is 1. The topological polar surface area (TPSA) is 103 Å². The van der Waals surface area contributed by atoms with Crippen LogP contribution in [0.15, 0.2) is 18.2 Å². The summed E-state index contributed by atoms with van der Waals surface area (Å²) < 4.78 is 11.0. The van der Waals surface area contributed by atoms with E-state index >= 15 is 0 Å². The SMILES string of the molecule is CCCCN(CCCCN(C)C)C(=O)CN1CC(c2ccc3c(c2)OCO3)C(C(=O)O)C1CCN1CCCC1=O. The fourth-order valence-electron chi connectivity index (χ4n) is 6.28. The minimum absolute atomic E-state index is 0.0519. The Morgan fingerprint density at radius 3 is 2.52 bits per heavy atom. The summed E-state index contributed by atoms with van der Waals surface area (Å²) in [6.07, 6.45) is 5.82. The lowest BCUT2D eigenvalue weighted by molar-refractivity contribution is -0.144. The zero-order valence-corrected chi connectivity index (χ0v) is 24.3. The number of carbonyl (C=O) groups is 3. The molecule has 0 bridgehead atoms. The number of amides is 2. The molecule has 3 heterocycles. The Hall–Kier alpha value is -2.85. The van der Waals surface area contributed by atoms with Crippen molar-refractivity contribution in [3.8, 4) is 11.5 Å². The summed E-state index contributed by atoms with van der Waals surface area (Å²) in [5.74, 6) is -0.413. The number of unbranched alkanes of at least 4 members (excludes halogenated alkanes) is 2. The summed E-state index contributed by atoms with van der Waals surface area (Å²) >= 11 is 0. The molecule has 1 N–H and O–H groups in total. The van der Waals surface area contributed by atoms with Crippen molar-refractivity contribution in [1.82, 2.24) is 19.6 Å². The molecule has 222 valence electrons. The lowest BCUT2D eigenvalue weighted by atomic mass is 9.84. The molecule has 0 aliphatic carbocycles. The predicted molar refractivity (Wildman–Crippen MR) is 151 cm³/mol. The van der Waals surface area contributed by atoms with Gasteiger partial charge in [0.1, 0.15) is 0 Å². The second-order valence-electron chi connectivity index (χ2n) is 11.6. The Kier molecular flexibility index (Phi) is 10.7. The first-order valence-corrected chi connectivity index (χ1v) is 14.8. The number of fused-ring (bicyclic) bond motifs is 1. The molecule has 3 unspecified atom stereocenters. The van der Waals surface area contributed by atoms with Crippen LogP contribution in [0.3, 0.4) is 0 Å². The van der Waals surface area contributed by atoms with Gasteiger partial charge in [-0.05, 0) is 70.4 Å². The van der Waals surface area contributed by atoms with Gasteiger partial charge in [-0.15, -0.1) is 0 Å². The Balaban J connectivity index is 1.53. The summed E-state index contributed by atoms with van der Waals surface area (Å²) in [7, 11) is 4.11. The minimum atomic E-state index is -0.873. The highest BCUT2D eigenvalue weighted by molar-refractivity contribution is 5.79. The molecule has 1 aromatic carbocycles. The number of hydrogen-bond acceptors (Lipinski definition) is 7. The number of carboxylic acid groups (broad SMARTS) is 1. The molecule has 3 atom stereocenters. The second-order valence-corrected chi connectivity index (χ2v) is 11.6. The summed E-state index contributed by atoms with van der Waals surface area (Å²) in [5, 5.41) is 10.5. The maximum atomic E-state index is 13.7. The van der Waals surface area contributed by atoms with Gasteiger partial charge >= 0.3 is 5.97 Å². The minimum Gasteiger partial charge on any atom is -0.481 e. The Morgan fingerprint density at radius 2 is 1.82 bits per heavy atom. The standard InChI is InChI=1S/C30H46N4O6/c1-4-5-14-32(15-7-6-13-31(2)3)28(36)20-34-19-23(22-10-11-25-26(18-22)40-21-39-25)29(30(37)38)24(34)12-17-33-16-8-9-27(33)35/h10-11,18,23-24,29H,4-9,12-17,19-21H2,1-3H3,(H,37,38). The van der Waals surface area contributed by atoms with Crippen molar-refractivity contribution in [3.63, 3.8) is 0 Å². The van der Waals surface area contributed by atoms with Crippen LogP contribution in [0.1, 0.15) is 63.4 Å². The quantitative estimate of drug-likeness (QED) is 0.328. The molecular weight excluding hydrogens is 512 g/mol. The average Bonchev–Trinajstić information content (AvgIpc) is 3.64. The highest BCUT2D eigenvalue weighted by atomic mass is 16.7. The van der Waals surface area contributed by atoms with Crippen molar-refractivity contribution in [3.05, 3.63) is 23.8 Å². The van der Waals surface area contributed by atoms with Crippen molar-refractivity contribution in [2.24, 2.45) is 5.92 Å². The van der Waals surface area contributed by atoms with Gasteiger partial charge in [0, 0.05) is 51.1 Å². The van der Waals surface area contributed by atoms with Gasteiger partial charge in [-0.1, -0.05) is 19.4 Å². The maximum absolute atomic E-state index is 13.7. The molecule has 3 aliphatic rings. The van der Waals surface area contributed by atoms with Crippen molar-refractivity contribution >= 4 is 17.8 Å². The van der Waals surface area contributed by atoms with E-state index in [1.165, 1.54) is 0 Å². The highest BCUT2D eigenvalue weighted by Crippen LogP contribution is 2.42. The van der Waals surface area contributed by atoms with Crippen molar-refractivity contribution in [1.29, 1.82) is 0 Å². The maximum Gasteiger partial charge on any atom is 0.308 e. The van der Waals surface area contributed by atoms with E-state index in [-0.39, 0.29) is 37.1 Å². The first-order valence-electron chi connectivity index (χ1n) is 14.8. The third kappa shape index (κ3) is 7.46. The zero-order chi connectivity index (χ0) is 28.6. The van der Waals surface area contributed by atoms with Crippen LogP contribution in [0.5, 0.6) is 11.5 Å². The zero-order valence-electron chi connectivity index (χ0n) is 24.3. The number of carboxylic acids is 1. The third-order valence-electron chi connectivity index (χ3n) is 8.48. The summed E-state index contributed by atoms with van der Waals surface area (Å²) in [5.41, 5.74) is 0.875. The Morgan fingerprint density at radius 1 is 1.07 bits per heavy atom. The molecule has 2 amide bonds. The normalized spacial score (nSPS) is 22.4. The number of nitrogens with zero attached hydrogens (tertiary/aromatic N) is 4. The molecule has 4 rings (SSSR count). The number of likely N-dealkylation sites (tertiary alicyclic amines) is 2. The molecule has 3 aliphatic heterocycles. The van der Waals surface area contributed by atoms with E-state index in [9.17, 15) is 19.5 Å². The average molecular weight is 559 g/mol. The van der Waals surface area contributed by atoms with Crippen molar-refractivity contribution in [2.75, 3.05) is 66.7 Å². The molecular formula is C30H46N4O6. The largest absolute Gasteiger partial charge is 0.481 e. The number of benzene rings is 1. The van der Waals surface area contributed by atoms with Gasteiger partial charge in [0.2, 0.25) is 18.6 Å². The highest BCUT2D eigenvalue weighted by Gasteiger charge is 2.47. The molecule has 0 saturated carbocycles. The molecule has 0 spiro atoms. The monoisotopic (exact) mass is 558 g/mol. The van der Waals surface area contributed by atoms with Crippen LogP contribution < -0.4 is 9.47 Å². The number of ether oxygens (including phenoxy) is 2. The number of carbonyl (C=O) groups excluding carboxylic acids is 2. The summed E-state index contributed by atoms with van der Waals surface area (Å²) in [4.78, 5) is 46.8. The molecule has 2 fully saturated rings. The first kappa shape index (κ1) is 30.1. The molecule has 10 heteroatoms. The van der Waals surface area contributed by atoms with Gasteiger partial charge < -0.3 is 29.3 Å². The van der Waals surface area contributed by atoms with Gasteiger partial charge in [0.15, 0.2) is 11.5 Å². The van der Waals surface area contributed by atoms with Crippen LogP contribution in [0, 0.1) is 5.92 Å². The van der Waals surface area contributed by atoms with Gasteiger partial charge in [-0.3, -0.25) is 19.3 Å². The fraction of sp³-hybridized carbons (Fsp3) is 0.700. The van der Waals surface area contributed by atoms with E-state index in [2.05, 4.69) is 30.8 Å². The number of rotatable bonds is 15. The van der Waals surface area contributed by atoms with E-state index in [1.807, 2.05) is 28.0 Å². The van der Waals surface area contributed by atoms with Gasteiger partial charge in [-0.2, -0.15) is 0 Å². The number of aliphatic carboxylic acids is 1. The third-order valence-corrected chi connectivity index (χ3v) is 8.48. The van der Waals surface area contributed by atoms with Crippen LogP contribution in [-0.2, 0) is 14.4 Å². The smallest absolute Gasteiger partial charge is 0.308 e. The summed E-state index contributed by atoms with van der Waals surface area (Å²) in [6.45, 7) is 6.55. The molecule has 2 saturated heterocycles. The Bertz CT molecular complexity index is 1030. The van der Waals surface area contributed by atoms with E-state index in [0.717, 1.165) is 44.2 Å². The predicted octanol–water partition coefficient (Wildman–Crippen LogP) is 2.87. The van der Waals surface area contributed by atoms with Crippen LogP contribution in [0.25, 0.3) is 0 Å². The van der Waals surface area contributed by atoms with E-state index in [1.54, 1.807) is 0 Å². The van der Waals surface area contributed by atoms with Gasteiger partial charge in [-0.25, -0.2) is 0 Å². The molecule has 10 nitrogen and oxygen atoms in total. The molecule has 1 aromatic rings. The van der Waals surface area contributed by atoms with Gasteiger partial charge in [0.05, 0.1) is 12.5 Å². The lowest BCUT2D eigenvalue weighted by Gasteiger charge is -2.31. The van der Waals surface area contributed by atoms with E-state index in [0.29, 0.717) is 57.1 Å². The summed E-state index contributed by atoms with van der Waals surface area (Å²) in [6, 6.07) is 5.28. The van der Waals surface area contributed by atoms with Crippen molar-refractivity contribution < 1.29 is 29.0 Å². The van der Waals surface area contributed by atoms with E-state index < -0.39 is 11.9 Å². The molecule has 40 heavy (non-hydrogen) atoms. The Labute approximate surface area is 238 Å². The molecule has 0 aromatic heterocycles. The van der Waals surface area contributed by atoms with Crippen molar-refractivity contribution in [2.45, 2.75) is 63.8 Å². The van der Waals surface area contributed by atoms with Crippen LogP contribution in [-0.4, -0.2) is 115 Å². The van der Waals surface area contributed by atoms with Gasteiger partial charge in [0.25, 0.3) is 0 Å². The lowest BCUT2D eigenvalue weighted by Crippen LogP contribution is -2.45. The van der Waals surface area contributed by atoms with E-state index in [4.69, 9.17) is 9.47 Å². The fourth-order valence-corrected chi connectivity index (χ4v) is 6.28.